The van der Waals surface area contributed by atoms with Gasteiger partial charge in [-0.05, 0) is 59.2 Å². The van der Waals surface area contributed by atoms with E-state index in [1.807, 2.05) is 24.4 Å². The van der Waals surface area contributed by atoms with Gasteiger partial charge in [0.15, 0.2) is 0 Å². The molecule has 0 radical (unpaired) electrons. The van der Waals surface area contributed by atoms with Crippen LogP contribution in [0.1, 0.15) is 5.56 Å². The Bertz CT molecular complexity index is 2120. The Morgan fingerprint density at radius 1 is 0.659 bits per heavy atom. The van der Waals surface area contributed by atoms with E-state index in [0.717, 1.165) is 55.2 Å². The third-order valence-corrected chi connectivity index (χ3v) is 9.59. The highest BCUT2D eigenvalue weighted by Gasteiger charge is 2.57. The maximum Gasteiger partial charge on any atom is 0.146 e. The molecule has 41 heavy (non-hydrogen) atoms. The lowest BCUT2D eigenvalue weighted by Crippen LogP contribution is -2.37. The summed E-state index contributed by atoms with van der Waals surface area (Å²) in [6.07, 6.45) is 19.2. The highest BCUT2D eigenvalue weighted by Crippen LogP contribution is 2.58. The summed E-state index contributed by atoms with van der Waals surface area (Å²) in [5.74, 6) is 0.567. The van der Waals surface area contributed by atoms with Crippen LogP contribution in [0.15, 0.2) is 134 Å². The van der Waals surface area contributed by atoms with E-state index < -0.39 is 5.60 Å². The van der Waals surface area contributed by atoms with E-state index in [-0.39, 0.29) is 23.7 Å². The zero-order valence-corrected chi connectivity index (χ0v) is 22.3. The molecule has 0 spiro atoms. The van der Waals surface area contributed by atoms with Crippen LogP contribution in [0.25, 0.3) is 49.6 Å². The summed E-state index contributed by atoms with van der Waals surface area (Å²) in [6, 6.07) is 27.4. The Labute approximate surface area is 237 Å². The molecule has 196 valence electrons. The molecule has 4 atom stereocenters. The minimum absolute atomic E-state index is 0.0114. The van der Waals surface area contributed by atoms with Crippen LogP contribution in [-0.2, 0) is 5.60 Å². The lowest BCUT2D eigenvalue weighted by Gasteiger charge is -2.35. The standard InChI is InChI=1S/C37H27N3O/c41-37(30-13-5-3-10-26(30)27-11-4-6-14-31(27)37)24-17-19-34-29(22-24)25-9-1-2-12-28(25)36-39-33-18-16-23(21-35(33)40(34)36)32-15-7-8-20-38-32/h1-22,26-27,30-31,41H. The highest BCUT2D eigenvalue weighted by molar-refractivity contribution is 6.14. The molecule has 4 nitrogen and oxygen atoms in total. The summed E-state index contributed by atoms with van der Waals surface area (Å²) in [4.78, 5) is 9.69. The first-order valence-corrected chi connectivity index (χ1v) is 14.3. The fourth-order valence-corrected chi connectivity index (χ4v) is 7.77. The van der Waals surface area contributed by atoms with Crippen molar-refractivity contribution in [1.29, 1.82) is 0 Å². The predicted octanol–water partition coefficient (Wildman–Crippen LogP) is 7.77. The molecule has 0 aliphatic heterocycles. The van der Waals surface area contributed by atoms with E-state index in [1.165, 1.54) is 0 Å². The molecule has 6 aromatic rings. The number of hydrogen-bond acceptors (Lipinski definition) is 3. The third kappa shape index (κ3) is 3.08. The molecule has 1 saturated carbocycles. The molecule has 4 heteroatoms. The van der Waals surface area contributed by atoms with Gasteiger partial charge in [0.05, 0.1) is 22.2 Å². The number of aliphatic hydroxyl groups is 1. The van der Waals surface area contributed by atoms with Crippen molar-refractivity contribution in [1.82, 2.24) is 14.4 Å². The Morgan fingerprint density at radius 2 is 1.39 bits per heavy atom. The van der Waals surface area contributed by atoms with Crippen molar-refractivity contribution in [2.75, 3.05) is 0 Å². The van der Waals surface area contributed by atoms with Crippen LogP contribution in [0.5, 0.6) is 0 Å². The van der Waals surface area contributed by atoms with Gasteiger partial charge >= 0.3 is 0 Å². The average molecular weight is 530 g/mol. The van der Waals surface area contributed by atoms with E-state index in [9.17, 15) is 5.11 Å². The van der Waals surface area contributed by atoms with Gasteiger partial charge in [0.2, 0.25) is 0 Å². The molecule has 1 fully saturated rings. The van der Waals surface area contributed by atoms with Crippen molar-refractivity contribution >= 4 is 38.4 Å². The van der Waals surface area contributed by atoms with Crippen molar-refractivity contribution in [2.24, 2.45) is 23.7 Å². The quantitative estimate of drug-likeness (QED) is 0.233. The van der Waals surface area contributed by atoms with E-state index >= 15 is 0 Å². The van der Waals surface area contributed by atoms with Crippen molar-refractivity contribution < 1.29 is 5.11 Å². The number of pyridine rings is 2. The zero-order valence-electron chi connectivity index (χ0n) is 22.3. The van der Waals surface area contributed by atoms with Crippen molar-refractivity contribution in [3.63, 3.8) is 0 Å². The summed E-state index contributed by atoms with van der Waals surface area (Å²) in [5, 5.41) is 16.1. The first-order valence-electron chi connectivity index (χ1n) is 14.3. The van der Waals surface area contributed by atoms with Gasteiger partial charge in [-0.1, -0.05) is 91.1 Å². The van der Waals surface area contributed by atoms with Crippen LogP contribution < -0.4 is 0 Å². The van der Waals surface area contributed by atoms with Crippen molar-refractivity contribution in [3.8, 4) is 11.3 Å². The molecule has 0 saturated heterocycles. The second kappa shape index (κ2) is 8.35. The van der Waals surface area contributed by atoms with Crippen LogP contribution in [0, 0.1) is 23.7 Å². The fourth-order valence-electron chi connectivity index (χ4n) is 7.77. The number of hydrogen-bond donors (Lipinski definition) is 1. The van der Waals surface area contributed by atoms with Crippen LogP contribution in [0.4, 0.5) is 0 Å². The van der Waals surface area contributed by atoms with Gasteiger partial charge in [0.1, 0.15) is 11.2 Å². The second-order valence-corrected chi connectivity index (χ2v) is 11.5. The molecule has 3 aliphatic carbocycles. The maximum absolute atomic E-state index is 12.7. The van der Waals surface area contributed by atoms with E-state index in [2.05, 4.69) is 119 Å². The van der Waals surface area contributed by atoms with Crippen LogP contribution >= 0.6 is 0 Å². The maximum atomic E-state index is 12.7. The van der Waals surface area contributed by atoms with Gasteiger partial charge in [0.25, 0.3) is 0 Å². The van der Waals surface area contributed by atoms with E-state index in [1.54, 1.807) is 0 Å². The molecule has 0 bridgehead atoms. The average Bonchev–Trinajstić information content (AvgIpc) is 3.56. The summed E-state index contributed by atoms with van der Waals surface area (Å²) in [6.45, 7) is 0. The van der Waals surface area contributed by atoms with Gasteiger partial charge < -0.3 is 5.11 Å². The topological polar surface area (TPSA) is 50.4 Å². The van der Waals surface area contributed by atoms with E-state index in [0.29, 0.717) is 0 Å². The minimum atomic E-state index is -1.01. The molecule has 4 unspecified atom stereocenters. The van der Waals surface area contributed by atoms with Crippen LogP contribution in [-0.4, -0.2) is 19.5 Å². The molecule has 1 N–H and O–H groups in total. The first kappa shape index (κ1) is 23.0. The lowest BCUT2D eigenvalue weighted by atomic mass is 9.74. The first-order chi connectivity index (χ1) is 20.2. The fraction of sp³-hybridized carbons (Fsp3) is 0.135. The molecule has 3 aromatic heterocycles. The largest absolute Gasteiger partial charge is 0.384 e. The van der Waals surface area contributed by atoms with Crippen LogP contribution in [0.3, 0.4) is 0 Å². The number of rotatable bonds is 2. The van der Waals surface area contributed by atoms with Crippen molar-refractivity contribution in [3.05, 3.63) is 139 Å². The van der Waals surface area contributed by atoms with Gasteiger partial charge in [-0.2, -0.15) is 0 Å². The normalized spacial score (nSPS) is 26.4. The third-order valence-electron chi connectivity index (χ3n) is 9.59. The Morgan fingerprint density at radius 3 is 2.15 bits per heavy atom. The lowest BCUT2D eigenvalue weighted by molar-refractivity contribution is -0.0186. The second-order valence-electron chi connectivity index (χ2n) is 11.5. The van der Waals surface area contributed by atoms with Crippen molar-refractivity contribution in [2.45, 2.75) is 5.60 Å². The minimum Gasteiger partial charge on any atom is -0.384 e. The van der Waals surface area contributed by atoms with Gasteiger partial charge in [-0.25, -0.2) is 4.98 Å². The van der Waals surface area contributed by atoms with Gasteiger partial charge in [-0.15, -0.1) is 0 Å². The number of fused-ring (bicyclic) bond motifs is 11. The van der Waals surface area contributed by atoms with Gasteiger partial charge in [0, 0.05) is 34.4 Å². The number of aromatic nitrogens is 3. The number of benzene rings is 3. The summed E-state index contributed by atoms with van der Waals surface area (Å²) in [5.41, 5.74) is 5.97. The Balaban J connectivity index is 1.33. The number of nitrogens with zero attached hydrogens (tertiary/aromatic N) is 3. The number of allylic oxidation sites excluding steroid dienone is 6. The van der Waals surface area contributed by atoms with Crippen LogP contribution in [0.2, 0.25) is 0 Å². The SMILES string of the molecule is OC1(c2ccc3c(c2)c2ccccc2c2nc4ccc(-c5ccccn5)cc4n32)C2C=CC=CC2C2C=CC=CC21. The monoisotopic (exact) mass is 529 g/mol. The summed E-state index contributed by atoms with van der Waals surface area (Å²) < 4.78 is 2.28. The Hall–Kier alpha value is -4.80. The molecule has 3 aliphatic rings. The predicted molar refractivity (Wildman–Crippen MR) is 165 cm³/mol. The summed E-state index contributed by atoms with van der Waals surface area (Å²) in [7, 11) is 0. The molecule has 9 rings (SSSR count). The smallest absolute Gasteiger partial charge is 0.146 e. The van der Waals surface area contributed by atoms with E-state index in [4.69, 9.17) is 4.98 Å². The molecular formula is C37H27N3O. The molecule has 0 amide bonds. The van der Waals surface area contributed by atoms with Gasteiger partial charge in [-0.3, -0.25) is 9.38 Å². The molecular weight excluding hydrogens is 502 g/mol. The highest BCUT2D eigenvalue weighted by atomic mass is 16.3. The molecule has 3 aromatic carbocycles. The summed E-state index contributed by atoms with van der Waals surface area (Å²) >= 11 is 0. The zero-order chi connectivity index (χ0) is 27.1. The molecule has 3 heterocycles. The number of imidazole rings is 1. The Kier molecular flexibility index (Phi) is 4.68.